The minimum atomic E-state index is -1.00. The molecule has 2 rings (SSSR count). The molecule has 21 heavy (non-hydrogen) atoms. The van der Waals surface area contributed by atoms with Gasteiger partial charge in [-0.2, -0.15) is 0 Å². The Morgan fingerprint density at radius 1 is 1.10 bits per heavy atom. The predicted molar refractivity (Wildman–Crippen MR) is 77.8 cm³/mol. The van der Waals surface area contributed by atoms with Crippen LogP contribution >= 0.6 is 11.6 Å². The topological polar surface area (TPSA) is 78.6 Å². The molecule has 0 aliphatic rings. The predicted octanol–water partition coefficient (Wildman–Crippen LogP) is 3.33. The number of ether oxygens (including phenoxy) is 2. The number of rotatable bonds is 3. The van der Waals surface area contributed by atoms with Crippen LogP contribution in [0.2, 0.25) is 5.02 Å². The van der Waals surface area contributed by atoms with Gasteiger partial charge in [0, 0.05) is 5.02 Å². The van der Waals surface area contributed by atoms with Gasteiger partial charge in [0.05, 0.1) is 0 Å². The molecule has 0 saturated heterocycles. The van der Waals surface area contributed by atoms with E-state index in [1.807, 2.05) is 0 Å². The Bertz CT molecular complexity index is 700. The van der Waals surface area contributed by atoms with Crippen molar-refractivity contribution < 1.29 is 19.1 Å². The van der Waals surface area contributed by atoms with Crippen molar-refractivity contribution in [3.05, 3.63) is 58.6 Å². The lowest BCUT2D eigenvalue weighted by Gasteiger charge is -2.09. The molecule has 0 atom stereocenters. The molecular formula is C15H12ClNO4. The lowest BCUT2D eigenvalue weighted by Crippen LogP contribution is -2.19. The minimum absolute atomic E-state index is 0.0423. The van der Waals surface area contributed by atoms with Gasteiger partial charge in [0.25, 0.3) is 0 Å². The summed E-state index contributed by atoms with van der Waals surface area (Å²) < 4.78 is 9.99. The number of hydrogen-bond acceptors (Lipinski definition) is 4. The fourth-order valence-electron chi connectivity index (χ4n) is 1.68. The van der Waals surface area contributed by atoms with Crippen LogP contribution in [0.15, 0.2) is 42.5 Å². The van der Waals surface area contributed by atoms with Gasteiger partial charge in [0.15, 0.2) is 0 Å². The molecule has 0 aromatic heterocycles. The summed E-state index contributed by atoms with van der Waals surface area (Å²) in [5.41, 5.74) is 5.84. The van der Waals surface area contributed by atoms with Crippen molar-refractivity contribution >= 4 is 23.7 Å². The molecule has 0 radical (unpaired) electrons. The number of amides is 1. The van der Waals surface area contributed by atoms with Crippen LogP contribution < -0.4 is 15.2 Å². The summed E-state index contributed by atoms with van der Waals surface area (Å²) in [5.74, 6) is -0.273. The molecule has 0 heterocycles. The highest BCUT2D eigenvalue weighted by Gasteiger charge is 2.16. The second-order valence-electron chi connectivity index (χ2n) is 4.22. The summed E-state index contributed by atoms with van der Waals surface area (Å²) in [6, 6.07) is 11.0. The number of esters is 1. The van der Waals surface area contributed by atoms with Gasteiger partial charge in [-0.15, -0.1) is 0 Å². The summed E-state index contributed by atoms with van der Waals surface area (Å²) in [5, 5.41) is 0.576. The van der Waals surface area contributed by atoms with Crippen LogP contribution in [0.3, 0.4) is 0 Å². The van der Waals surface area contributed by atoms with E-state index < -0.39 is 12.1 Å². The summed E-state index contributed by atoms with van der Waals surface area (Å²) in [4.78, 5) is 22.9. The van der Waals surface area contributed by atoms with Crippen molar-refractivity contribution in [2.75, 3.05) is 0 Å². The zero-order valence-electron chi connectivity index (χ0n) is 11.1. The highest BCUT2D eigenvalue weighted by Crippen LogP contribution is 2.24. The zero-order valence-corrected chi connectivity index (χ0v) is 11.9. The first-order valence-corrected chi connectivity index (χ1v) is 6.40. The van der Waals surface area contributed by atoms with Crippen molar-refractivity contribution in [2.45, 2.75) is 6.92 Å². The van der Waals surface area contributed by atoms with Gasteiger partial charge >= 0.3 is 12.1 Å². The molecule has 0 saturated carbocycles. The Kier molecular flexibility index (Phi) is 4.45. The average molecular weight is 306 g/mol. The Labute approximate surface area is 126 Å². The molecule has 6 heteroatoms. The van der Waals surface area contributed by atoms with E-state index in [9.17, 15) is 9.59 Å². The van der Waals surface area contributed by atoms with Gasteiger partial charge < -0.3 is 15.2 Å². The molecule has 108 valence electrons. The van der Waals surface area contributed by atoms with Crippen molar-refractivity contribution in [1.29, 1.82) is 0 Å². The fourth-order valence-corrected chi connectivity index (χ4v) is 1.79. The van der Waals surface area contributed by atoms with Crippen LogP contribution in [-0.2, 0) is 0 Å². The smallest absolute Gasteiger partial charge is 0.409 e. The van der Waals surface area contributed by atoms with Gasteiger partial charge in [-0.1, -0.05) is 23.7 Å². The first kappa shape index (κ1) is 14.9. The molecule has 2 aromatic rings. The third-order valence-corrected chi connectivity index (χ3v) is 3.08. The number of benzene rings is 2. The normalized spacial score (nSPS) is 10.0. The summed E-state index contributed by atoms with van der Waals surface area (Å²) in [7, 11) is 0. The highest BCUT2D eigenvalue weighted by molar-refractivity contribution is 6.31. The molecule has 1 amide bonds. The molecule has 0 unspecified atom stereocenters. The number of para-hydroxylation sites is 1. The van der Waals surface area contributed by atoms with Crippen molar-refractivity contribution in [1.82, 2.24) is 0 Å². The second kappa shape index (κ2) is 6.28. The molecule has 0 aliphatic carbocycles. The highest BCUT2D eigenvalue weighted by atomic mass is 35.5. The first-order valence-electron chi connectivity index (χ1n) is 6.02. The fraction of sp³-hybridized carbons (Fsp3) is 0.0667. The van der Waals surface area contributed by atoms with E-state index in [4.69, 9.17) is 26.8 Å². The van der Waals surface area contributed by atoms with Gasteiger partial charge in [0.1, 0.15) is 17.1 Å². The second-order valence-corrected chi connectivity index (χ2v) is 4.62. The lowest BCUT2D eigenvalue weighted by atomic mass is 10.2. The van der Waals surface area contributed by atoms with Crippen LogP contribution in [0.25, 0.3) is 0 Å². The number of aryl methyl sites for hydroxylation is 1. The maximum atomic E-state index is 12.1. The van der Waals surface area contributed by atoms with Gasteiger partial charge in [0.2, 0.25) is 0 Å². The van der Waals surface area contributed by atoms with Crippen LogP contribution in [0.1, 0.15) is 15.9 Å². The van der Waals surface area contributed by atoms with Gasteiger partial charge in [-0.3, -0.25) is 0 Å². The maximum absolute atomic E-state index is 12.1. The number of nitrogens with two attached hydrogens (primary N) is 1. The molecule has 0 spiro atoms. The lowest BCUT2D eigenvalue weighted by molar-refractivity contribution is 0.0732. The van der Waals surface area contributed by atoms with Crippen molar-refractivity contribution in [3.8, 4) is 11.5 Å². The third kappa shape index (κ3) is 3.73. The number of carbonyl (C=O) groups is 2. The van der Waals surface area contributed by atoms with Crippen molar-refractivity contribution in [2.24, 2.45) is 5.73 Å². The van der Waals surface area contributed by atoms with E-state index in [0.717, 1.165) is 5.56 Å². The third-order valence-electron chi connectivity index (χ3n) is 2.66. The van der Waals surface area contributed by atoms with Crippen LogP contribution in [-0.4, -0.2) is 12.1 Å². The SMILES string of the molecule is Cc1cc(OC(=O)c2ccccc2OC(N)=O)ccc1Cl. The zero-order chi connectivity index (χ0) is 15.4. The van der Waals surface area contributed by atoms with Crippen LogP contribution in [0, 0.1) is 6.92 Å². The first-order chi connectivity index (χ1) is 9.97. The number of halogens is 1. The molecule has 0 bridgehead atoms. The van der Waals surface area contributed by atoms with E-state index in [1.165, 1.54) is 12.1 Å². The maximum Gasteiger partial charge on any atom is 0.409 e. The largest absolute Gasteiger partial charge is 0.423 e. The molecule has 0 aliphatic heterocycles. The quantitative estimate of drug-likeness (QED) is 0.697. The van der Waals surface area contributed by atoms with E-state index in [-0.39, 0.29) is 11.3 Å². The van der Waals surface area contributed by atoms with E-state index in [2.05, 4.69) is 0 Å². The van der Waals surface area contributed by atoms with E-state index >= 15 is 0 Å². The molecule has 0 fully saturated rings. The summed E-state index contributed by atoms with van der Waals surface area (Å²) in [6.07, 6.45) is -1.00. The molecule has 5 nitrogen and oxygen atoms in total. The van der Waals surface area contributed by atoms with Crippen LogP contribution in [0.4, 0.5) is 4.79 Å². The Hall–Kier alpha value is -2.53. The Morgan fingerprint density at radius 3 is 2.48 bits per heavy atom. The van der Waals surface area contributed by atoms with Crippen LogP contribution in [0.5, 0.6) is 11.5 Å². The van der Waals surface area contributed by atoms with Gasteiger partial charge in [-0.25, -0.2) is 9.59 Å². The standard InChI is InChI=1S/C15H12ClNO4/c1-9-8-10(6-7-12(9)16)20-14(18)11-4-2-3-5-13(11)21-15(17)19/h2-8H,1H3,(H2,17,19). The monoisotopic (exact) mass is 305 g/mol. The summed E-state index contributed by atoms with van der Waals surface area (Å²) >= 11 is 5.90. The number of hydrogen-bond donors (Lipinski definition) is 1. The Morgan fingerprint density at radius 2 is 1.81 bits per heavy atom. The average Bonchev–Trinajstić information content (AvgIpc) is 2.43. The Balaban J connectivity index is 2.24. The van der Waals surface area contributed by atoms with E-state index in [1.54, 1.807) is 37.3 Å². The van der Waals surface area contributed by atoms with Crippen molar-refractivity contribution in [3.63, 3.8) is 0 Å². The summed E-state index contributed by atoms with van der Waals surface area (Å²) in [6.45, 7) is 1.80. The number of primary amides is 1. The molecule has 2 N–H and O–H groups in total. The molecule has 2 aromatic carbocycles. The van der Waals surface area contributed by atoms with E-state index in [0.29, 0.717) is 10.8 Å². The molecular weight excluding hydrogens is 294 g/mol. The number of carbonyl (C=O) groups excluding carboxylic acids is 2. The minimum Gasteiger partial charge on any atom is -0.423 e. The van der Waals surface area contributed by atoms with Gasteiger partial charge in [-0.05, 0) is 42.8 Å².